The van der Waals surface area contributed by atoms with E-state index < -0.39 is 0 Å². The summed E-state index contributed by atoms with van der Waals surface area (Å²) in [5.74, 6) is 1.42. The highest BCUT2D eigenvalue weighted by Crippen LogP contribution is 2.31. The highest BCUT2D eigenvalue weighted by Gasteiger charge is 2.23. The molecule has 4 nitrogen and oxygen atoms in total. The Morgan fingerprint density at radius 3 is 2.65 bits per heavy atom. The highest BCUT2D eigenvalue weighted by atomic mass is 16.5. The molecule has 3 aromatic rings. The van der Waals surface area contributed by atoms with Gasteiger partial charge in [0.1, 0.15) is 6.61 Å². The number of Topliss-reactive ketones (excluding diaryl/α,β-unsaturated/α-hetero) is 1. The summed E-state index contributed by atoms with van der Waals surface area (Å²) in [5.41, 5.74) is 3.54. The maximum absolute atomic E-state index is 12.4. The summed E-state index contributed by atoms with van der Waals surface area (Å²) < 4.78 is 13.3. The third kappa shape index (κ3) is 3.14. The first-order chi connectivity index (χ1) is 12.7. The largest absolute Gasteiger partial charge is 0.493 e. The average molecular weight is 345 g/mol. The predicted molar refractivity (Wildman–Crippen MR) is 101 cm³/mol. The van der Waals surface area contributed by atoms with Crippen molar-refractivity contribution in [1.82, 2.24) is 4.57 Å². The summed E-state index contributed by atoms with van der Waals surface area (Å²) >= 11 is 0. The molecule has 2 heterocycles. The Balaban J connectivity index is 1.53. The normalized spacial score (nSPS) is 14.5. The number of carbonyl (C=O) groups is 1. The lowest BCUT2D eigenvalue weighted by molar-refractivity contribution is 0.103. The van der Waals surface area contributed by atoms with Crippen LogP contribution in [0.2, 0.25) is 0 Å². The SMILES string of the molecule is COc1cc(C=C2Cn3cccc3C2=O)ccc1OCc1ccccc1. The third-order valence-corrected chi connectivity index (χ3v) is 4.46. The molecule has 1 aliphatic heterocycles. The molecular formula is C22H19NO3. The van der Waals surface area contributed by atoms with E-state index in [1.54, 1.807) is 7.11 Å². The molecule has 0 atom stereocenters. The minimum absolute atomic E-state index is 0.0818. The minimum atomic E-state index is 0.0818. The molecule has 0 spiro atoms. The van der Waals surface area contributed by atoms with Gasteiger partial charge in [-0.25, -0.2) is 0 Å². The Bertz CT molecular complexity index is 970. The number of methoxy groups -OCH3 is 1. The Hall–Kier alpha value is -3.27. The zero-order chi connectivity index (χ0) is 17.9. The molecule has 4 heteroatoms. The number of hydrogen-bond donors (Lipinski definition) is 0. The van der Waals surface area contributed by atoms with Crippen molar-refractivity contribution in [3.8, 4) is 11.5 Å². The van der Waals surface area contributed by atoms with Crippen LogP contribution < -0.4 is 9.47 Å². The Morgan fingerprint density at radius 1 is 1.04 bits per heavy atom. The molecule has 0 N–H and O–H groups in total. The van der Waals surface area contributed by atoms with Crippen molar-refractivity contribution >= 4 is 11.9 Å². The molecule has 0 amide bonds. The van der Waals surface area contributed by atoms with Gasteiger partial charge >= 0.3 is 0 Å². The van der Waals surface area contributed by atoms with E-state index in [2.05, 4.69) is 0 Å². The lowest BCUT2D eigenvalue weighted by Gasteiger charge is -2.11. The number of hydrogen-bond acceptors (Lipinski definition) is 3. The molecule has 2 aromatic carbocycles. The maximum Gasteiger partial charge on any atom is 0.207 e. The van der Waals surface area contributed by atoms with Crippen molar-refractivity contribution in [1.29, 1.82) is 0 Å². The summed E-state index contributed by atoms with van der Waals surface area (Å²) in [5, 5.41) is 0. The molecule has 0 fully saturated rings. The Morgan fingerprint density at radius 2 is 1.88 bits per heavy atom. The van der Waals surface area contributed by atoms with Crippen molar-refractivity contribution in [2.45, 2.75) is 13.2 Å². The molecule has 0 unspecified atom stereocenters. The van der Waals surface area contributed by atoms with Crippen LogP contribution in [0.4, 0.5) is 0 Å². The van der Waals surface area contributed by atoms with Crippen LogP contribution in [0.5, 0.6) is 11.5 Å². The van der Waals surface area contributed by atoms with Gasteiger partial charge in [-0.1, -0.05) is 36.4 Å². The monoisotopic (exact) mass is 345 g/mol. The first kappa shape index (κ1) is 16.2. The van der Waals surface area contributed by atoms with Gasteiger partial charge in [0.2, 0.25) is 5.78 Å². The first-order valence-electron chi connectivity index (χ1n) is 8.50. The smallest absolute Gasteiger partial charge is 0.207 e. The van der Waals surface area contributed by atoms with E-state index in [1.807, 2.05) is 77.5 Å². The van der Waals surface area contributed by atoms with Crippen molar-refractivity contribution in [2.24, 2.45) is 0 Å². The van der Waals surface area contributed by atoms with Crippen molar-refractivity contribution in [3.05, 3.63) is 89.3 Å². The van der Waals surface area contributed by atoms with Crippen LogP contribution in [0.3, 0.4) is 0 Å². The first-order valence-corrected chi connectivity index (χ1v) is 8.50. The highest BCUT2D eigenvalue weighted by molar-refractivity contribution is 6.12. The van der Waals surface area contributed by atoms with Gasteiger partial charge in [0, 0.05) is 11.8 Å². The van der Waals surface area contributed by atoms with Crippen LogP contribution in [-0.2, 0) is 13.2 Å². The molecule has 4 rings (SSSR count). The predicted octanol–water partition coefficient (Wildman–Crippen LogP) is 4.36. The Kier molecular flexibility index (Phi) is 4.32. The number of aromatic nitrogens is 1. The zero-order valence-corrected chi connectivity index (χ0v) is 14.5. The zero-order valence-electron chi connectivity index (χ0n) is 14.5. The number of rotatable bonds is 5. The topological polar surface area (TPSA) is 40.5 Å². The number of carbonyl (C=O) groups excluding carboxylic acids is 1. The Labute approximate surface area is 152 Å². The molecule has 1 aliphatic rings. The van der Waals surface area contributed by atoms with Gasteiger partial charge in [-0.2, -0.15) is 0 Å². The second-order valence-corrected chi connectivity index (χ2v) is 6.20. The lowest BCUT2D eigenvalue weighted by Crippen LogP contribution is -1.98. The van der Waals surface area contributed by atoms with E-state index in [-0.39, 0.29) is 5.78 Å². The van der Waals surface area contributed by atoms with E-state index >= 15 is 0 Å². The molecule has 1 aromatic heterocycles. The standard InChI is InChI=1S/C22H19NO3/c1-25-21-13-17(12-18-14-23-11-5-8-19(23)22(18)24)9-10-20(21)26-15-16-6-3-2-4-7-16/h2-13H,14-15H2,1H3. The molecule has 26 heavy (non-hydrogen) atoms. The summed E-state index contributed by atoms with van der Waals surface area (Å²) in [6.07, 6.45) is 3.84. The summed E-state index contributed by atoms with van der Waals surface area (Å²) in [4.78, 5) is 12.4. The quantitative estimate of drug-likeness (QED) is 0.645. The van der Waals surface area contributed by atoms with Crippen molar-refractivity contribution < 1.29 is 14.3 Å². The fourth-order valence-electron chi connectivity index (χ4n) is 3.12. The van der Waals surface area contributed by atoms with Gasteiger partial charge < -0.3 is 14.0 Å². The van der Waals surface area contributed by atoms with Crippen molar-refractivity contribution in [2.75, 3.05) is 7.11 Å². The number of allylic oxidation sites excluding steroid dienone is 1. The fourth-order valence-corrected chi connectivity index (χ4v) is 3.12. The van der Waals surface area contributed by atoms with E-state index in [4.69, 9.17) is 9.47 Å². The summed E-state index contributed by atoms with van der Waals surface area (Å²) in [7, 11) is 1.62. The molecule has 0 saturated heterocycles. The third-order valence-electron chi connectivity index (χ3n) is 4.46. The maximum atomic E-state index is 12.4. The number of ketones is 1. The minimum Gasteiger partial charge on any atom is -0.493 e. The van der Waals surface area contributed by atoms with Gasteiger partial charge in [0.25, 0.3) is 0 Å². The van der Waals surface area contributed by atoms with Gasteiger partial charge in [0.05, 0.1) is 19.3 Å². The van der Waals surface area contributed by atoms with Gasteiger partial charge in [0.15, 0.2) is 11.5 Å². The van der Waals surface area contributed by atoms with E-state index in [9.17, 15) is 4.79 Å². The fraction of sp³-hybridized carbons (Fsp3) is 0.136. The number of nitrogens with zero attached hydrogens (tertiary/aromatic N) is 1. The molecule has 0 saturated carbocycles. The van der Waals surface area contributed by atoms with Crippen LogP contribution in [-0.4, -0.2) is 17.5 Å². The van der Waals surface area contributed by atoms with Crippen molar-refractivity contribution in [3.63, 3.8) is 0 Å². The number of ether oxygens (including phenoxy) is 2. The van der Waals surface area contributed by atoms with Gasteiger partial charge in [-0.3, -0.25) is 4.79 Å². The summed E-state index contributed by atoms with van der Waals surface area (Å²) in [6, 6.07) is 19.5. The molecule has 0 bridgehead atoms. The lowest BCUT2D eigenvalue weighted by atomic mass is 10.1. The average Bonchev–Trinajstić information content (AvgIpc) is 3.25. The van der Waals surface area contributed by atoms with Gasteiger partial charge in [-0.15, -0.1) is 0 Å². The van der Waals surface area contributed by atoms with Crippen LogP contribution in [0.1, 0.15) is 21.6 Å². The van der Waals surface area contributed by atoms with Gasteiger partial charge in [-0.05, 0) is 41.5 Å². The molecule has 0 aliphatic carbocycles. The number of benzene rings is 2. The second-order valence-electron chi connectivity index (χ2n) is 6.20. The van der Waals surface area contributed by atoms with Crippen LogP contribution in [0, 0.1) is 0 Å². The second kappa shape index (κ2) is 6.92. The van der Waals surface area contributed by atoms with E-state index in [0.29, 0.717) is 24.7 Å². The molecule has 130 valence electrons. The van der Waals surface area contributed by atoms with Crippen LogP contribution in [0.25, 0.3) is 6.08 Å². The summed E-state index contributed by atoms with van der Waals surface area (Å²) in [6.45, 7) is 1.08. The molecular weight excluding hydrogens is 326 g/mol. The van der Waals surface area contributed by atoms with Crippen LogP contribution >= 0.6 is 0 Å². The van der Waals surface area contributed by atoms with E-state index in [0.717, 1.165) is 22.4 Å². The molecule has 0 radical (unpaired) electrons. The van der Waals surface area contributed by atoms with E-state index in [1.165, 1.54) is 0 Å². The van der Waals surface area contributed by atoms with Crippen LogP contribution in [0.15, 0.2) is 72.4 Å². The number of fused-ring (bicyclic) bond motifs is 1.